The third kappa shape index (κ3) is 4.97. The average Bonchev–Trinajstić information content (AvgIpc) is 3.01. The van der Waals surface area contributed by atoms with Crippen molar-refractivity contribution in [2.75, 3.05) is 5.75 Å². The predicted molar refractivity (Wildman–Crippen MR) is 86.3 cm³/mol. The average molecular weight is 363 g/mol. The molecule has 1 aromatic carbocycles. The van der Waals surface area contributed by atoms with E-state index in [9.17, 15) is 13.2 Å². The number of nitrogens with zero attached hydrogens (tertiary/aromatic N) is 4. The van der Waals surface area contributed by atoms with Gasteiger partial charge in [0.2, 0.25) is 0 Å². The molecule has 1 heterocycles. The number of unbranched alkanes of at least 4 members (excludes halogenated alkanes) is 1. The van der Waals surface area contributed by atoms with Crippen LogP contribution in [0, 0.1) is 0 Å². The number of hydrogen-bond acceptors (Lipinski definition) is 4. The number of aromatic nitrogens is 3. The normalized spacial score (nSPS) is 12.7. The Morgan fingerprint density at radius 2 is 2.17 bits per heavy atom. The highest BCUT2D eigenvalue weighted by Crippen LogP contribution is 2.38. The molecule has 0 unspecified atom stereocenters. The molecule has 0 atom stereocenters. The van der Waals surface area contributed by atoms with Crippen LogP contribution in [0.25, 0.3) is 0 Å². The fraction of sp³-hybridized carbons (Fsp3) is 0.357. The van der Waals surface area contributed by atoms with Gasteiger partial charge in [-0.1, -0.05) is 36.7 Å². The number of halogens is 4. The van der Waals surface area contributed by atoms with Crippen LogP contribution in [0.15, 0.2) is 35.8 Å². The van der Waals surface area contributed by atoms with Gasteiger partial charge in [-0.05, 0) is 24.6 Å². The molecule has 124 valence electrons. The molecule has 23 heavy (non-hydrogen) atoms. The number of benzene rings is 1. The van der Waals surface area contributed by atoms with Gasteiger partial charge in [0.25, 0.3) is 0 Å². The summed E-state index contributed by atoms with van der Waals surface area (Å²) in [5, 5.41) is 4.30. The SMILES string of the molecule is CCCCSC(=Nc1ccc(Cl)cc1C(F)(F)F)n1cncn1. The van der Waals surface area contributed by atoms with E-state index in [2.05, 4.69) is 15.1 Å². The van der Waals surface area contributed by atoms with Gasteiger partial charge in [-0.3, -0.25) is 0 Å². The first kappa shape index (κ1) is 17.8. The number of alkyl halides is 3. The van der Waals surface area contributed by atoms with E-state index in [1.807, 2.05) is 6.92 Å². The lowest BCUT2D eigenvalue weighted by Crippen LogP contribution is -2.11. The van der Waals surface area contributed by atoms with Gasteiger partial charge >= 0.3 is 6.18 Å². The van der Waals surface area contributed by atoms with Gasteiger partial charge in [-0.25, -0.2) is 9.98 Å². The second kappa shape index (κ2) is 7.83. The van der Waals surface area contributed by atoms with E-state index in [-0.39, 0.29) is 10.7 Å². The number of hydrogen-bond donors (Lipinski definition) is 0. The van der Waals surface area contributed by atoms with Crippen molar-refractivity contribution in [2.24, 2.45) is 4.99 Å². The Morgan fingerprint density at radius 1 is 1.39 bits per heavy atom. The minimum atomic E-state index is -4.54. The van der Waals surface area contributed by atoms with E-state index >= 15 is 0 Å². The number of rotatable bonds is 4. The van der Waals surface area contributed by atoms with Gasteiger partial charge in [0, 0.05) is 10.8 Å². The lowest BCUT2D eigenvalue weighted by atomic mass is 10.2. The highest BCUT2D eigenvalue weighted by molar-refractivity contribution is 8.13. The Balaban J connectivity index is 2.42. The summed E-state index contributed by atoms with van der Waals surface area (Å²) >= 11 is 7.01. The molecule has 0 saturated carbocycles. The van der Waals surface area contributed by atoms with Crippen molar-refractivity contribution in [1.82, 2.24) is 14.8 Å². The molecular formula is C14H14ClF3N4S. The van der Waals surface area contributed by atoms with Crippen LogP contribution in [-0.4, -0.2) is 25.7 Å². The molecule has 0 bridgehead atoms. The van der Waals surface area contributed by atoms with Crippen molar-refractivity contribution in [2.45, 2.75) is 25.9 Å². The van der Waals surface area contributed by atoms with E-state index in [0.29, 0.717) is 5.17 Å². The molecule has 0 aliphatic heterocycles. The Bertz CT molecular complexity index is 671. The lowest BCUT2D eigenvalue weighted by molar-refractivity contribution is -0.137. The maximum Gasteiger partial charge on any atom is 0.418 e. The molecule has 0 spiro atoms. The molecule has 0 amide bonds. The molecule has 0 saturated heterocycles. The van der Waals surface area contributed by atoms with E-state index in [0.717, 1.165) is 24.7 Å². The van der Waals surface area contributed by atoms with Crippen LogP contribution in [0.3, 0.4) is 0 Å². The van der Waals surface area contributed by atoms with E-state index in [1.54, 1.807) is 0 Å². The summed E-state index contributed by atoms with van der Waals surface area (Å²) in [7, 11) is 0. The fourth-order valence-corrected chi connectivity index (χ4v) is 2.88. The van der Waals surface area contributed by atoms with Crippen LogP contribution >= 0.6 is 23.4 Å². The molecule has 0 N–H and O–H groups in total. The van der Waals surface area contributed by atoms with Crippen LogP contribution < -0.4 is 0 Å². The van der Waals surface area contributed by atoms with Crippen LogP contribution in [-0.2, 0) is 6.18 Å². The summed E-state index contributed by atoms with van der Waals surface area (Å²) in [5.41, 5.74) is -1.07. The highest BCUT2D eigenvalue weighted by Gasteiger charge is 2.34. The number of aliphatic imine (C=N–C) groups is 1. The minimum absolute atomic E-state index is 0.0113. The topological polar surface area (TPSA) is 43.1 Å². The summed E-state index contributed by atoms with van der Waals surface area (Å²) in [4.78, 5) is 7.95. The Labute approximate surface area is 140 Å². The third-order valence-corrected chi connectivity index (χ3v) is 4.09. The monoisotopic (exact) mass is 362 g/mol. The summed E-state index contributed by atoms with van der Waals surface area (Å²) in [5.74, 6) is 0.726. The summed E-state index contributed by atoms with van der Waals surface area (Å²) < 4.78 is 40.8. The first-order chi connectivity index (χ1) is 10.9. The maximum atomic E-state index is 13.2. The molecule has 0 fully saturated rings. The first-order valence-electron chi connectivity index (χ1n) is 6.85. The molecular weight excluding hydrogens is 349 g/mol. The lowest BCUT2D eigenvalue weighted by Gasteiger charge is -2.12. The summed E-state index contributed by atoms with van der Waals surface area (Å²) in [6, 6.07) is 3.50. The van der Waals surface area contributed by atoms with Gasteiger partial charge in [-0.2, -0.15) is 23.0 Å². The van der Waals surface area contributed by atoms with Crippen molar-refractivity contribution in [1.29, 1.82) is 0 Å². The zero-order chi connectivity index (χ0) is 16.9. The Kier molecular flexibility index (Phi) is 6.06. The molecule has 2 rings (SSSR count). The molecule has 2 aromatic rings. The molecule has 1 aromatic heterocycles. The highest BCUT2D eigenvalue weighted by atomic mass is 35.5. The predicted octanol–water partition coefficient (Wildman–Crippen LogP) is 5.02. The van der Waals surface area contributed by atoms with Gasteiger partial charge in [0.1, 0.15) is 12.7 Å². The van der Waals surface area contributed by atoms with Crippen LogP contribution in [0.1, 0.15) is 25.3 Å². The van der Waals surface area contributed by atoms with Crippen molar-refractivity contribution < 1.29 is 13.2 Å². The van der Waals surface area contributed by atoms with Crippen molar-refractivity contribution in [3.8, 4) is 0 Å². The molecule has 0 aliphatic rings. The van der Waals surface area contributed by atoms with Crippen LogP contribution in [0.5, 0.6) is 0 Å². The van der Waals surface area contributed by atoms with Crippen molar-refractivity contribution in [3.63, 3.8) is 0 Å². The molecule has 0 aliphatic carbocycles. The Hall–Kier alpha value is -1.54. The largest absolute Gasteiger partial charge is 0.418 e. The van der Waals surface area contributed by atoms with Gasteiger partial charge in [-0.15, -0.1) is 0 Å². The second-order valence-electron chi connectivity index (χ2n) is 4.60. The molecule has 0 radical (unpaired) electrons. The van der Waals surface area contributed by atoms with Crippen LogP contribution in [0.4, 0.5) is 18.9 Å². The fourth-order valence-electron chi connectivity index (χ4n) is 1.70. The standard InChI is InChI=1S/C14H14ClF3N4S/c1-2-3-6-23-13(22-9-19-8-20-22)21-12-5-4-10(15)7-11(12)14(16,17)18/h4-5,7-9H,2-3,6H2,1H3. The maximum absolute atomic E-state index is 13.2. The summed E-state index contributed by atoms with van der Waals surface area (Å²) in [6.07, 6.45) is 0.0756. The van der Waals surface area contributed by atoms with Crippen LogP contribution in [0.2, 0.25) is 5.02 Å². The molecule has 9 heteroatoms. The number of thioether (sulfide) groups is 1. The van der Waals surface area contributed by atoms with E-state index in [1.165, 1.54) is 41.2 Å². The van der Waals surface area contributed by atoms with Crippen molar-refractivity contribution in [3.05, 3.63) is 41.4 Å². The smallest absolute Gasteiger partial charge is 0.223 e. The first-order valence-corrected chi connectivity index (χ1v) is 8.21. The third-order valence-electron chi connectivity index (χ3n) is 2.82. The second-order valence-corrected chi connectivity index (χ2v) is 6.09. The zero-order valence-corrected chi connectivity index (χ0v) is 13.8. The molecule has 4 nitrogen and oxygen atoms in total. The summed E-state index contributed by atoms with van der Waals surface area (Å²) in [6.45, 7) is 2.04. The van der Waals surface area contributed by atoms with E-state index < -0.39 is 11.7 Å². The minimum Gasteiger partial charge on any atom is -0.223 e. The van der Waals surface area contributed by atoms with Crippen molar-refractivity contribution >= 4 is 34.2 Å². The quantitative estimate of drug-likeness (QED) is 0.435. The van der Waals surface area contributed by atoms with Gasteiger partial charge in [0.15, 0.2) is 5.17 Å². The Morgan fingerprint density at radius 3 is 2.78 bits per heavy atom. The zero-order valence-electron chi connectivity index (χ0n) is 12.2. The van der Waals surface area contributed by atoms with Gasteiger partial charge in [0.05, 0.1) is 11.3 Å². The van der Waals surface area contributed by atoms with E-state index in [4.69, 9.17) is 11.6 Å². The van der Waals surface area contributed by atoms with Gasteiger partial charge < -0.3 is 0 Å².